The summed E-state index contributed by atoms with van der Waals surface area (Å²) in [6.07, 6.45) is 0.841. The minimum Gasteiger partial charge on any atom is -0.357 e. The van der Waals surface area contributed by atoms with Crippen LogP contribution in [-0.4, -0.2) is 51.0 Å². The van der Waals surface area contributed by atoms with Crippen LogP contribution in [0.3, 0.4) is 0 Å². The van der Waals surface area contributed by atoms with Gasteiger partial charge in [0.2, 0.25) is 21.8 Å². The second kappa shape index (κ2) is 10.1. The van der Waals surface area contributed by atoms with Crippen molar-refractivity contribution in [1.82, 2.24) is 10.2 Å². The van der Waals surface area contributed by atoms with Crippen molar-refractivity contribution >= 4 is 39.1 Å². The lowest BCUT2D eigenvalue weighted by Gasteiger charge is -2.31. The first-order valence-electron chi connectivity index (χ1n) is 9.12. The summed E-state index contributed by atoms with van der Waals surface area (Å²) in [5.41, 5.74) is 0.445. The van der Waals surface area contributed by atoms with Gasteiger partial charge in [-0.1, -0.05) is 23.7 Å². The number of sulfonamides is 1. The molecule has 2 aromatic rings. The van der Waals surface area contributed by atoms with Crippen molar-refractivity contribution in [1.29, 1.82) is 0 Å². The third-order valence-electron chi connectivity index (χ3n) is 4.55. The molecule has 0 spiro atoms. The fraction of sp³-hybridized carbons (Fsp3) is 0.300. The van der Waals surface area contributed by atoms with Gasteiger partial charge in [-0.25, -0.2) is 17.2 Å². The number of carbonyl (C=O) groups is 2. The van der Waals surface area contributed by atoms with Crippen LogP contribution in [0.4, 0.5) is 14.5 Å². The number of benzene rings is 2. The molecule has 0 aliphatic carbocycles. The smallest absolute Gasteiger partial charge is 0.244 e. The number of nitrogens with zero attached hydrogens (tertiary/aromatic N) is 2. The number of amides is 2. The predicted molar refractivity (Wildman–Crippen MR) is 114 cm³/mol. The van der Waals surface area contributed by atoms with Gasteiger partial charge in [0.05, 0.1) is 11.9 Å². The van der Waals surface area contributed by atoms with Crippen LogP contribution in [0.1, 0.15) is 12.5 Å². The average molecular weight is 474 g/mol. The molecule has 0 fully saturated rings. The van der Waals surface area contributed by atoms with Gasteiger partial charge in [0.25, 0.3) is 0 Å². The highest BCUT2D eigenvalue weighted by Gasteiger charge is 2.30. The van der Waals surface area contributed by atoms with E-state index in [4.69, 9.17) is 11.6 Å². The maximum absolute atomic E-state index is 13.7. The molecule has 2 amide bonds. The average Bonchev–Trinajstić information content (AvgIpc) is 2.71. The maximum atomic E-state index is 13.7. The number of hydrogen-bond acceptors (Lipinski definition) is 4. The lowest BCUT2D eigenvalue weighted by atomic mass is 10.1. The summed E-state index contributed by atoms with van der Waals surface area (Å²) < 4.78 is 52.2. The van der Waals surface area contributed by atoms with Crippen molar-refractivity contribution in [2.24, 2.45) is 0 Å². The molecule has 11 heteroatoms. The van der Waals surface area contributed by atoms with E-state index >= 15 is 0 Å². The quantitative estimate of drug-likeness (QED) is 0.638. The van der Waals surface area contributed by atoms with Gasteiger partial charge < -0.3 is 10.2 Å². The zero-order valence-corrected chi connectivity index (χ0v) is 18.7. The second-order valence-corrected chi connectivity index (χ2v) is 9.15. The summed E-state index contributed by atoms with van der Waals surface area (Å²) in [5, 5.41) is 2.94. The first kappa shape index (κ1) is 24.5. The minimum atomic E-state index is -4.03. The van der Waals surface area contributed by atoms with E-state index in [-0.39, 0.29) is 12.2 Å². The van der Waals surface area contributed by atoms with Crippen LogP contribution in [0.15, 0.2) is 42.5 Å². The van der Waals surface area contributed by atoms with E-state index < -0.39 is 46.1 Å². The highest BCUT2D eigenvalue weighted by Crippen LogP contribution is 2.21. The zero-order valence-electron chi connectivity index (χ0n) is 17.1. The Bertz CT molecular complexity index is 1060. The molecule has 168 valence electrons. The van der Waals surface area contributed by atoms with E-state index in [2.05, 4.69) is 5.32 Å². The van der Waals surface area contributed by atoms with Crippen molar-refractivity contribution in [2.45, 2.75) is 19.5 Å². The number of likely N-dealkylation sites (N-methyl/N-ethyl adjacent to an activating group) is 1. The standard InChI is InChI=1S/C20H22ClF2N3O4S/c1-13(20(28)24-2)25(11-14-4-6-15(21)7-5-14)19(27)12-26(31(3,29)30)16-8-9-17(22)18(23)10-16/h4-10,13H,11-12H2,1-3H3,(H,24,28). The summed E-state index contributed by atoms with van der Waals surface area (Å²) in [6, 6.07) is 8.16. The number of rotatable bonds is 8. The van der Waals surface area contributed by atoms with E-state index in [1.165, 1.54) is 18.9 Å². The first-order chi connectivity index (χ1) is 14.4. The molecule has 0 aromatic heterocycles. The third kappa shape index (κ3) is 6.38. The first-order valence-corrected chi connectivity index (χ1v) is 11.3. The topological polar surface area (TPSA) is 86.8 Å². The maximum Gasteiger partial charge on any atom is 0.244 e. The van der Waals surface area contributed by atoms with Crippen LogP contribution in [0.25, 0.3) is 0 Å². The fourth-order valence-corrected chi connectivity index (χ4v) is 3.80. The summed E-state index contributed by atoms with van der Waals surface area (Å²) in [7, 11) is -2.62. The minimum absolute atomic E-state index is 0.0000300. The Labute approximate surface area is 184 Å². The van der Waals surface area contributed by atoms with E-state index in [1.54, 1.807) is 24.3 Å². The molecule has 31 heavy (non-hydrogen) atoms. The van der Waals surface area contributed by atoms with Crippen LogP contribution in [-0.2, 0) is 26.2 Å². The summed E-state index contributed by atoms with van der Waals surface area (Å²) >= 11 is 5.88. The Hall–Kier alpha value is -2.72. The Morgan fingerprint density at radius 1 is 1.10 bits per heavy atom. The highest BCUT2D eigenvalue weighted by molar-refractivity contribution is 7.92. The Balaban J connectivity index is 2.39. The van der Waals surface area contributed by atoms with Crippen LogP contribution >= 0.6 is 11.6 Å². The summed E-state index contributed by atoms with van der Waals surface area (Å²) in [4.78, 5) is 26.5. The molecule has 1 unspecified atom stereocenters. The third-order valence-corrected chi connectivity index (χ3v) is 5.94. The molecule has 0 saturated heterocycles. The molecule has 1 atom stereocenters. The van der Waals surface area contributed by atoms with Crippen LogP contribution in [0, 0.1) is 11.6 Å². The van der Waals surface area contributed by atoms with E-state index in [0.717, 1.165) is 18.4 Å². The Morgan fingerprint density at radius 2 is 1.71 bits per heavy atom. The van der Waals surface area contributed by atoms with Gasteiger partial charge in [0.15, 0.2) is 11.6 Å². The molecule has 0 aliphatic rings. The lowest BCUT2D eigenvalue weighted by Crippen LogP contribution is -2.50. The summed E-state index contributed by atoms with van der Waals surface area (Å²) in [6.45, 7) is 0.786. The normalized spacial score (nSPS) is 12.2. The molecule has 2 aromatic carbocycles. The molecule has 0 saturated carbocycles. The predicted octanol–water partition coefficient (Wildman–Crippen LogP) is 2.55. The molecule has 2 rings (SSSR count). The number of anilines is 1. The number of hydrogen-bond donors (Lipinski definition) is 1. The van der Waals surface area contributed by atoms with Gasteiger partial charge in [-0.2, -0.15) is 0 Å². The molecule has 0 radical (unpaired) electrons. The van der Waals surface area contributed by atoms with Crippen molar-refractivity contribution in [3.63, 3.8) is 0 Å². The van der Waals surface area contributed by atoms with E-state index in [9.17, 15) is 26.8 Å². The molecule has 0 heterocycles. The van der Waals surface area contributed by atoms with Crippen LogP contribution < -0.4 is 9.62 Å². The summed E-state index contributed by atoms with van der Waals surface area (Å²) in [5.74, 6) is -3.57. The highest BCUT2D eigenvalue weighted by atomic mass is 35.5. The van der Waals surface area contributed by atoms with Crippen molar-refractivity contribution in [3.05, 3.63) is 64.7 Å². The number of nitrogens with one attached hydrogen (secondary N) is 1. The van der Waals surface area contributed by atoms with Crippen molar-refractivity contribution in [3.8, 4) is 0 Å². The molecule has 1 N–H and O–H groups in total. The molecule has 0 bridgehead atoms. The largest absolute Gasteiger partial charge is 0.357 e. The van der Waals surface area contributed by atoms with Gasteiger partial charge in [-0.15, -0.1) is 0 Å². The molecular weight excluding hydrogens is 452 g/mol. The van der Waals surface area contributed by atoms with Crippen LogP contribution in [0.5, 0.6) is 0 Å². The SMILES string of the molecule is CNC(=O)C(C)N(Cc1ccc(Cl)cc1)C(=O)CN(c1ccc(F)c(F)c1)S(C)(=O)=O. The molecule has 0 aliphatic heterocycles. The fourth-order valence-electron chi connectivity index (χ4n) is 2.83. The Kier molecular flexibility index (Phi) is 7.96. The van der Waals surface area contributed by atoms with Gasteiger partial charge in [-0.3, -0.25) is 13.9 Å². The number of carbonyl (C=O) groups excluding carboxylic acids is 2. The van der Waals surface area contributed by atoms with E-state index in [0.29, 0.717) is 21.0 Å². The van der Waals surface area contributed by atoms with Crippen molar-refractivity contribution < 1.29 is 26.8 Å². The molecular formula is C20H22ClF2N3O4S. The number of halogens is 3. The molecule has 7 nitrogen and oxygen atoms in total. The van der Waals surface area contributed by atoms with Crippen molar-refractivity contribution in [2.75, 3.05) is 24.2 Å². The van der Waals surface area contributed by atoms with E-state index in [1.807, 2.05) is 0 Å². The van der Waals surface area contributed by atoms with Gasteiger partial charge in [0.1, 0.15) is 12.6 Å². The zero-order chi connectivity index (χ0) is 23.3. The van der Waals surface area contributed by atoms with Crippen LogP contribution in [0.2, 0.25) is 5.02 Å². The Morgan fingerprint density at radius 3 is 2.23 bits per heavy atom. The second-order valence-electron chi connectivity index (χ2n) is 6.81. The monoisotopic (exact) mass is 473 g/mol. The van der Waals surface area contributed by atoms with Gasteiger partial charge >= 0.3 is 0 Å². The van der Waals surface area contributed by atoms with Gasteiger partial charge in [-0.05, 0) is 36.8 Å². The van der Waals surface area contributed by atoms with Gasteiger partial charge in [0, 0.05) is 24.7 Å². The lowest BCUT2D eigenvalue weighted by molar-refractivity contribution is -0.139.